The molecule has 0 heterocycles. The lowest BCUT2D eigenvalue weighted by atomic mass is 10.3. The van der Waals surface area contributed by atoms with Crippen LogP contribution in [0.5, 0.6) is 11.5 Å². The Morgan fingerprint density at radius 1 is 0.867 bits per heavy atom. The Hall–Kier alpha value is -1.41. The van der Waals surface area contributed by atoms with Crippen LogP contribution in [0.3, 0.4) is 0 Å². The molecule has 0 unspecified atom stereocenters. The Morgan fingerprint density at radius 2 is 1.53 bits per heavy atom. The number of para-hydroxylation sites is 2. The van der Waals surface area contributed by atoms with E-state index in [1.54, 1.807) is 11.8 Å². The molecule has 0 aliphatic rings. The van der Waals surface area contributed by atoms with Crippen molar-refractivity contribution >= 4 is 11.8 Å². The summed E-state index contributed by atoms with van der Waals surface area (Å²) in [6.45, 7) is 0. The normalized spacial score (nSPS) is 9.93. The highest BCUT2D eigenvalue weighted by molar-refractivity contribution is 7.98. The number of hydrogen-bond acceptors (Lipinski definition) is 2. The molecule has 0 aromatic heterocycles. The van der Waals surface area contributed by atoms with E-state index in [9.17, 15) is 0 Å². The van der Waals surface area contributed by atoms with Crippen molar-refractivity contribution in [3.8, 4) is 11.5 Å². The molecule has 0 atom stereocenters. The fraction of sp³-hybridized carbons (Fsp3) is 0.0769. The van der Waals surface area contributed by atoms with Crippen molar-refractivity contribution in [3.63, 3.8) is 0 Å². The number of ether oxygens (including phenoxy) is 1. The highest BCUT2D eigenvalue weighted by Crippen LogP contribution is 2.30. The second kappa shape index (κ2) is 4.89. The molecule has 76 valence electrons. The van der Waals surface area contributed by atoms with Crippen LogP contribution >= 0.6 is 11.8 Å². The SMILES string of the molecule is CSc1ccccc1Oc1ccccc1. The zero-order valence-electron chi connectivity index (χ0n) is 8.51. The number of thioether (sulfide) groups is 1. The third-order valence-electron chi connectivity index (χ3n) is 2.04. The van der Waals surface area contributed by atoms with Gasteiger partial charge in [0.15, 0.2) is 0 Å². The first-order chi connectivity index (χ1) is 7.40. The minimum Gasteiger partial charge on any atom is -0.456 e. The first-order valence-electron chi connectivity index (χ1n) is 4.76. The summed E-state index contributed by atoms with van der Waals surface area (Å²) in [6.07, 6.45) is 2.05. The number of rotatable bonds is 3. The van der Waals surface area contributed by atoms with Crippen molar-refractivity contribution in [2.24, 2.45) is 0 Å². The molecule has 0 amide bonds. The van der Waals surface area contributed by atoms with Gasteiger partial charge in [-0.25, -0.2) is 0 Å². The second-order valence-electron chi connectivity index (χ2n) is 3.07. The third kappa shape index (κ3) is 2.54. The van der Waals surface area contributed by atoms with Gasteiger partial charge in [-0.15, -0.1) is 11.8 Å². The van der Waals surface area contributed by atoms with Gasteiger partial charge in [0, 0.05) is 4.90 Å². The lowest BCUT2D eigenvalue weighted by Gasteiger charge is -2.08. The van der Waals surface area contributed by atoms with Gasteiger partial charge in [0.05, 0.1) is 0 Å². The van der Waals surface area contributed by atoms with E-state index >= 15 is 0 Å². The fourth-order valence-electron chi connectivity index (χ4n) is 1.32. The average Bonchev–Trinajstić information content (AvgIpc) is 2.31. The minimum atomic E-state index is 0.874. The standard InChI is InChI=1S/C13H12OS/c1-15-13-10-6-5-9-12(13)14-11-7-3-2-4-8-11/h2-10H,1H3. The lowest BCUT2D eigenvalue weighted by molar-refractivity contribution is 0.471. The molecular formula is C13H12OS. The van der Waals surface area contributed by atoms with Crippen LogP contribution in [-0.4, -0.2) is 6.26 Å². The molecule has 0 saturated heterocycles. The Bertz CT molecular complexity index is 426. The Labute approximate surface area is 94.1 Å². The van der Waals surface area contributed by atoms with E-state index in [1.165, 1.54) is 0 Å². The van der Waals surface area contributed by atoms with Gasteiger partial charge < -0.3 is 4.74 Å². The van der Waals surface area contributed by atoms with Crippen LogP contribution in [-0.2, 0) is 0 Å². The highest BCUT2D eigenvalue weighted by Gasteiger charge is 2.01. The molecule has 1 nitrogen and oxygen atoms in total. The minimum absolute atomic E-state index is 0.874. The maximum Gasteiger partial charge on any atom is 0.140 e. The van der Waals surface area contributed by atoms with Gasteiger partial charge in [-0.05, 0) is 30.5 Å². The zero-order chi connectivity index (χ0) is 10.5. The van der Waals surface area contributed by atoms with Gasteiger partial charge in [0.1, 0.15) is 11.5 Å². The maximum atomic E-state index is 5.78. The summed E-state index contributed by atoms with van der Waals surface area (Å²) in [5.41, 5.74) is 0. The third-order valence-corrected chi connectivity index (χ3v) is 2.82. The average molecular weight is 216 g/mol. The highest BCUT2D eigenvalue weighted by atomic mass is 32.2. The first-order valence-corrected chi connectivity index (χ1v) is 5.98. The van der Waals surface area contributed by atoms with Crippen LogP contribution in [0.1, 0.15) is 0 Å². The van der Waals surface area contributed by atoms with E-state index in [0.29, 0.717) is 0 Å². The molecule has 2 heteroatoms. The monoisotopic (exact) mass is 216 g/mol. The Morgan fingerprint density at radius 3 is 2.27 bits per heavy atom. The van der Waals surface area contributed by atoms with Crippen molar-refractivity contribution in [3.05, 3.63) is 54.6 Å². The van der Waals surface area contributed by atoms with Crippen LogP contribution in [0.15, 0.2) is 59.5 Å². The van der Waals surface area contributed by atoms with E-state index in [4.69, 9.17) is 4.74 Å². The molecule has 0 spiro atoms. The van der Waals surface area contributed by atoms with Crippen molar-refractivity contribution in [1.29, 1.82) is 0 Å². The van der Waals surface area contributed by atoms with E-state index in [1.807, 2.05) is 54.8 Å². The van der Waals surface area contributed by atoms with Gasteiger partial charge >= 0.3 is 0 Å². The van der Waals surface area contributed by atoms with E-state index < -0.39 is 0 Å². The van der Waals surface area contributed by atoms with Crippen LogP contribution in [0.4, 0.5) is 0 Å². The van der Waals surface area contributed by atoms with Crippen molar-refractivity contribution < 1.29 is 4.74 Å². The van der Waals surface area contributed by atoms with E-state index in [2.05, 4.69) is 6.07 Å². The first kappa shape index (κ1) is 10.1. The second-order valence-corrected chi connectivity index (χ2v) is 3.91. The van der Waals surface area contributed by atoms with E-state index in [-0.39, 0.29) is 0 Å². The molecule has 0 bridgehead atoms. The van der Waals surface area contributed by atoms with Gasteiger partial charge in [-0.2, -0.15) is 0 Å². The summed E-state index contributed by atoms with van der Waals surface area (Å²) >= 11 is 1.69. The zero-order valence-corrected chi connectivity index (χ0v) is 9.33. The van der Waals surface area contributed by atoms with Gasteiger partial charge in [-0.1, -0.05) is 30.3 Å². The Kier molecular flexibility index (Phi) is 3.30. The topological polar surface area (TPSA) is 9.23 Å². The molecule has 2 rings (SSSR count). The van der Waals surface area contributed by atoms with Crippen molar-refractivity contribution in [2.45, 2.75) is 4.90 Å². The van der Waals surface area contributed by atoms with Gasteiger partial charge in [-0.3, -0.25) is 0 Å². The molecule has 2 aromatic rings. The van der Waals surface area contributed by atoms with Crippen LogP contribution in [0.2, 0.25) is 0 Å². The molecular weight excluding hydrogens is 204 g/mol. The quantitative estimate of drug-likeness (QED) is 0.711. The summed E-state index contributed by atoms with van der Waals surface area (Å²) in [7, 11) is 0. The van der Waals surface area contributed by atoms with Crippen LogP contribution < -0.4 is 4.74 Å². The van der Waals surface area contributed by atoms with Gasteiger partial charge in [0.25, 0.3) is 0 Å². The largest absolute Gasteiger partial charge is 0.456 e. The molecule has 0 aliphatic heterocycles. The fourth-order valence-corrected chi connectivity index (χ4v) is 1.84. The molecule has 0 aliphatic carbocycles. The summed E-state index contributed by atoms with van der Waals surface area (Å²) in [4.78, 5) is 1.15. The Balaban J connectivity index is 2.24. The summed E-state index contributed by atoms with van der Waals surface area (Å²) < 4.78 is 5.78. The number of benzene rings is 2. The molecule has 0 fully saturated rings. The lowest BCUT2D eigenvalue weighted by Crippen LogP contribution is -1.85. The van der Waals surface area contributed by atoms with Crippen LogP contribution in [0.25, 0.3) is 0 Å². The summed E-state index contributed by atoms with van der Waals surface area (Å²) in [5, 5.41) is 0. The molecule has 0 saturated carbocycles. The number of hydrogen-bond donors (Lipinski definition) is 0. The molecule has 0 radical (unpaired) electrons. The smallest absolute Gasteiger partial charge is 0.140 e. The van der Waals surface area contributed by atoms with E-state index in [0.717, 1.165) is 16.4 Å². The van der Waals surface area contributed by atoms with Crippen molar-refractivity contribution in [2.75, 3.05) is 6.26 Å². The summed E-state index contributed by atoms with van der Waals surface area (Å²) in [5.74, 6) is 1.79. The summed E-state index contributed by atoms with van der Waals surface area (Å²) in [6, 6.07) is 17.9. The van der Waals surface area contributed by atoms with Gasteiger partial charge in [0.2, 0.25) is 0 Å². The van der Waals surface area contributed by atoms with Crippen molar-refractivity contribution in [1.82, 2.24) is 0 Å². The molecule has 2 aromatic carbocycles. The predicted molar refractivity (Wildman–Crippen MR) is 64.7 cm³/mol. The molecule has 0 N–H and O–H groups in total. The predicted octanol–water partition coefficient (Wildman–Crippen LogP) is 4.20. The maximum absolute atomic E-state index is 5.78. The molecule has 15 heavy (non-hydrogen) atoms. The van der Waals surface area contributed by atoms with Crippen LogP contribution in [0, 0.1) is 0 Å².